The summed E-state index contributed by atoms with van der Waals surface area (Å²) in [5, 5.41) is 13.8. The molecule has 5 nitrogen and oxygen atoms in total. The Balaban J connectivity index is 2.69. The average molecular weight is 283 g/mol. The molecule has 0 aromatic carbocycles. The van der Waals surface area contributed by atoms with Crippen molar-refractivity contribution in [2.75, 3.05) is 13.6 Å². The molecule has 0 spiro atoms. The van der Waals surface area contributed by atoms with E-state index in [1.807, 2.05) is 24.4 Å². The lowest BCUT2D eigenvalue weighted by Crippen LogP contribution is -2.48. The van der Waals surface area contributed by atoms with Crippen molar-refractivity contribution in [1.29, 1.82) is 0 Å². The van der Waals surface area contributed by atoms with Crippen molar-refractivity contribution in [1.82, 2.24) is 4.90 Å². The standard InChI is InChI=1S/C13H21N3O2S/c1-4-13(2,11(14)15-18)12(17)16(3)8-7-10-6-5-9-19-10/h5-6,9,18H,4,7-8H2,1-3H3,(H2,14,15). The first-order valence-electron chi connectivity index (χ1n) is 6.21. The minimum atomic E-state index is -0.945. The number of likely N-dealkylation sites (N-methyl/N-ethyl adjacent to an activating group) is 1. The van der Waals surface area contributed by atoms with Gasteiger partial charge in [-0.05, 0) is 31.2 Å². The molecule has 1 unspecified atom stereocenters. The molecule has 1 heterocycles. The number of amidine groups is 1. The maximum Gasteiger partial charge on any atom is 0.235 e. The van der Waals surface area contributed by atoms with Gasteiger partial charge >= 0.3 is 0 Å². The summed E-state index contributed by atoms with van der Waals surface area (Å²) < 4.78 is 0. The molecule has 0 aliphatic carbocycles. The van der Waals surface area contributed by atoms with E-state index in [9.17, 15) is 4.79 Å². The highest BCUT2D eigenvalue weighted by Crippen LogP contribution is 2.24. The first-order valence-corrected chi connectivity index (χ1v) is 7.09. The average Bonchev–Trinajstić information content (AvgIpc) is 2.95. The van der Waals surface area contributed by atoms with Gasteiger partial charge in [0.2, 0.25) is 5.91 Å². The van der Waals surface area contributed by atoms with Gasteiger partial charge in [-0.3, -0.25) is 4.79 Å². The quantitative estimate of drug-likeness (QED) is 0.362. The van der Waals surface area contributed by atoms with E-state index in [-0.39, 0.29) is 11.7 Å². The van der Waals surface area contributed by atoms with E-state index in [1.165, 1.54) is 4.88 Å². The second-order valence-corrected chi connectivity index (χ2v) is 5.76. The van der Waals surface area contributed by atoms with Gasteiger partial charge in [0.1, 0.15) is 5.41 Å². The van der Waals surface area contributed by atoms with Gasteiger partial charge in [0.25, 0.3) is 0 Å². The molecule has 0 bridgehead atoms. The Labute approximate surface area is 117 Å². The van der Waals surface area contributed by atoms with Crippen molar-refractivity contribution in [3.8, 4) is 0 Å². The number of thiophene rings is 1. The minimum Gasteiger partial charge on any atom is -0.409 e. The van der Waals surface area contributed by atoms with Gasteiger partial charge in [-0.15, -0.1) is 11.3 Å². The van der Waals surface area contributed by atoms with Gasteiger partial charge in [0.15, 0.2) is 5.84 Å². The molecule has 0 fully saturated rings. The fraction of sp³-hybridized carbons (Fsp3) is 0.538. The number of nitrogens with two attached hydrogens (primary N) is 1. The topological polar surface area (TPSA) is 78.9 Å². The lowest BCUT2D eigenvalue weighted by Gasteiger charge is -2.30. The van der Waals surface area contributed by atoms with Crippen molar-refractivity contribution in [3.63, 3.8) is 0 Å². The van der Waals surface area contributed by atoms with Gasteiger partial charge in [0, 0.05) is 18.5 Å². The summed E-state index contributed by atoms with van der Waals surface area (Å²) >= 11 is 1.67. The van der Waals surface area contributed by atoms with Crippen LogP contribution in [0, 0.1) is 5.41 Å². The summed E-state index contributed by atoms with van der Waals surface area (Å²) in [7, 11) is 1.74. The van der Waals surface area contributed by atoms with Crippen LogP contribution in [0.5, 0.6) is 0 Å². The number of hydrogen-bond donors (Lipinski definition) is 2. The molecular weight excluding hydrogens is 262 g/mol. The summed E-state index contributed by atoms with van der Waals surface area (Å²) in [4.78, 5) is 15.3. The summed E-state index contributed by atoms with van der Waals surface area (Å²) in [5.41, 5.74) is 4.70. The number of hydrogen-bond acceptors (Lipinski definition) is 4. The molecule has 1 aromatic rings. The molecule has 1 amide bonds. The van der Waals surface area contributed by atoms with Crippen molar-refractivity contribution in [2.24, 2.45) is 16.3 Å². The van der Waals surface area contributed by atoms with Crippen LogP contribution in [0.1, 0.15) is 25.1 Å². The predicted octanol–water partition coefficient (Wildman–Crippen LogP) is 1.91. The summed E-state index contributed by atoms with van der Waals surface area (Å²) in [6, 6.07) is 4.04. The van der Waals surface area contributed by atoms with E-state index in [2.05, 4.69) is 5.16 Å². The Kier molecular flexibility index (Phi) is 5.35. The van der Waals surface area contributed by atoms with Crippen molar-refractivity contribution in [3.05, 3.63) is 22.4 Å². The number of rotatable bonds is 6. The van der Waals surface area contributed by atoms with Gasteiger partial charge in [-0.1, -0.05) is 18.1 Å². The highest BCUT2D eigenvalue weighted by Gasteiger charge is 2.38. The van der Waals surface area contributed by atoms with Crippen LogP contribution in [0.2, 0.25) is 0 Å². The number of carbonyl (C=O) groups is 1. The monoisotopic (exact) mass is 283 g/mol. The zero-order valence-corrected chi connectivity index (χ0v) is 12.4. The Hall–Kier alpha value is -1.56. The van der Waals surface area contributed by atoms with Crippen LogP contribution in [0.4, 0.5) is 0 Å². The molecule has 6 heteroatoms. The van der Waals surface area contributed by atoms with Crippen LogP contribution in [0.15, 0.2) is 22.7 Å². The molecule has 3 N–H and O–H groups in total. The Bertz CT molecular complexity index is 445. The third-order valence-corrected chi connectivity index (χ3v) is 4.41. The normalized spacial score (nSPS) is 15.0. The largest absolute Gasteiger partial charge is 0.409 e. The molecule has 1 atom stereocenters. The van der Waals surface area contributed by atoms with E-state index in [1.54, 1.807) is 30.2 Å². The number of nitrogens with zero attached hydrogens (tertiary/aromatic N) is 2. The maximum absolute atomic E-state index is 12.4. The fourth-order valence-electron chi connectivity index (χ4n) is 1.81. The predicted molar refractivity (Wildman–Crippen MR) is 77.5 cm³/mol. The Morgan fingerprint density at radius 2 is 2.32 bits per heavy atom. The molecule has 0 saturated heterocycles. The van der Waals surface area contributed by atoms with E-state index in [0.717, 1.165) is 6.42 Å². The molecule has 0 aliphatic heterocycles. The van der Waals surface area contributed by atoms with Crippen molar-refractivity contribution in [2.45, 2.75) is 26.7 Å². The number of oxime groups is 1. The van der Waals surface area contributed by atoms with Crippen LogP contribution in [-0.2, 0) is 11.2 Å². The second kappa shape index (κ2) is 6.56. The molecule has 1 aromatic heterocycles. The third kappa shape index (κ3) is 3.47. The van der Waals surface area contributed by atoms with Crippen LogP contribution in [-0.4, -0.2) is 35.4 Å². The van der Waals surface area contributed by atoms with Crippen LogP contribution in [0.25, 0.3) is 0 Å². The van der Waals surface area contributed by atoms with E-state index >= 15 is 0 Å². The van der Waals surface area contributed by atoms with Gasteiger partial charge in [-0.25, -0.2) is 0 Å². The van der Waals surface area contributed by atoms with Gasteiger partial charge in [-0.2, -0.15) is 0 Å². The SMILES string of the molecule is CCC(C)(C(=O)N(C)CCc1cccs1)/C(N)=N/O. The number of amides is 1. The zero-order valence-electron chi connectivity index (χ0n) is 11.6. The highest BCUT2D eigenvalue weighted by atomic mass is 32.1. The minimum absolute atomic E-state index is 0.0389. The Morgan fingerprint density at radius 1 is 1.63 bits per heavy atom. The first-order chi connectivity index (χ1) is 8.95. The molecule has 0 radical (unpaired) electrons. The summed E-state index contributed by atoms with van der Waals surface area (Å²) in [6.45, 7) is 4.17. The summed E-state index contributed by atoms with van der Waals surface area (Å²) in [6.07, 6.45) is 1.31. The maximum atomic E-state index is 12.4. The zero-order chi connectivity index (χ0) is 14.5. The van der Waals surface area contributed by atoms with Crippen LogP contribution < -0.4 is 5.73 Å². The Morgan fingerprint density at radius 3 is 2.79 bits per heavy atom. The fourth-order valence-corrected chi connectivity index (χ4v) is 2.51. The van der Waals surface area contributed by atoms with Gasteiger partial charge in [0.05, 0.1) is 0 Å². The van der Waals surface area contributed by atoms with Crippen LogP contribution in [0.3, 0.4) is 0 Å². The van der Waals surface area contributed by atoms with E-state index in [4.69, 9.17) is 10.9 Å². The van der Waals surface area contributed by atoms with Crippen LogP contribution >= 0.6 is 11.3 Å². The van der Waals surface area contributed by atoms with E-state index in [0.29, 0.717) is 13.0 Å². The molecule has 106 valence electrons. The lowest BCUT2D eigenvalue weighted by atomic mass is 9.84. The third-order valence-electron chi connectivity index (χ3n) is 3.47. The smallest absolute Gasteiger partial charge is 0.235 e. The van der Waals surface area contributed by atoms with Crippen molar-refractivity contribution >= 4 is 23.1 Å². The summed E-state index contributed by atoms with van der Waals surface area (Å²) in [5.74, 6) is -0.162. The first kappa shape index (κ1) is 15.5. The number of carbonyl (C=O) groups excluding carboxylic acids is 1. The highest BCUT2D eigenvalue weighted by molar-refractivity contribution is 7.09. The molecule has 0 saturated carbocycles. The molecule has 19 heavy (non-hydrogen) atoms. The second-order valence-electron chi connectivity index (χ2n) is 4.73. The molecule has 1 rings (SSSR count). The van der Waals surface area contributed by atoms with Crippen molar-refractivity contribution < 1.29 is 10.0 Å². The lowest BCUT2D eigenvalue weighted by molar-refractivity contribution is -0.136. The van der Waals surface area contributed by atoms with Gasteiger partial charge < -0.3 is 15.8 Å². The molecular formula is C13H21N3O2S. The molecule has 0 aliphatic rings. The van der Waals surface area contributed by atoms with E-state index < -0.39 is 5.41 Å².